The lowest BCUT2D eigenvalue weighted by atomic mass is 9.99. The molecule has 1 aromatic carbocycles. The van der Waals surface area contributed by atoms with E-state index in [4.69, 9.17) is 11.0 Å². The number of benzene rings is 1. The molecule has 0 bridgehead atoms. The molecule has 84 valence electrons. The molecule has 6 heteroatoms. The van der Waals surface area contributed by atoms with Crippen LogP contribution >= 0.6 is 0 Å². The first kappa shape index (κ1) is 12.0. The van der Waals surface area contributed by atoms with E-state index < -0.39 is 23.1 Å². The van der Waals surface area contributed by atoms with Gasteiger partial charge < -0.3 is 5.73 Å². The standard InChI is InChI=1S/C10H7F3N2O/c1-5(16)7-3-9(15)6(4-14)2-8(7)10(11,12)13/h2-3H,15H2,1H3. The van der Waals surface area contributed by atoms with Gasteiger partial charge in [0.2, 0.25) is 0 Å². The molecule has 0 spiro atoms. The number of halogens is 3. The van der Waals surface area contributed by atoms with E-state index in [1.54, 1.807) is 0 Å². The molecule has 0 atom stereocenters. The number of carbonyl (C=O) groups excluding carboxylic acids is 1. The average molecular weight is 228 g/mol. The second-order valence-corrected chi connectivity index (χ2v) is 3.15. The Morgan fingerprint density at radius 2 is 2.00 bits per heavy atom. The Labute approximate surface area is 89.3 Å². The highest BCUT2D eigenvalue weighted by Gasteiger charge is 2.35. The van der Waals surface area contributed by atoms with Crippen LogP contribution in [-0.2, 0) is 6.18 Å². The second kappa shape index (κ2) is 3.85. The molecule has 0 aliphatic heterocycles. The van der Waals surface area contributed by atoms with Crippen molar-refractivity contribution in [3.8, 4) is 6.07 Å². The van der Waals surface area contributed by atoms with Crippen molar-refractivity contribution in [1.82, 2.24) is 0 Å². The minimum Gasteiger partial charge on any atom is -0.398 e. The van der Waals surface area contributed by atoms with Crippen molar-refractivity contribution < 1.29 is 18.0 Å². The van der Waals surface area contributed by atoms with E-state index in [0.717, 1.165) is 13.0 Å². The Kier molecular flexibility index (Phi) is 2.90. The number of ketones is 1. The third-order valence-electron chi connectivity index (χ3n) is 1.99. The number of nitrogens with zero attached hydrogens (tertiary/aromatic N) is 1. The van der Waals surface area contributed by atoms with Crippen molar-refractivity contribution in [3.63, 3.8) is 0 Å². The topological polar surface area (TPSA) is 66.9 Å². The molecule has 0 unspecified atom stereocenters. The molecule has 0 heterocycles. The predicted molar refractivity (Wildman–Crippen MR) is 50.6 cm³/mol. The summed E-state index contributed by atoms with van der Waals surface area (Å²) < 4.78 is 37.7. The van der Waals surface area contributed by atoms with E-state index in [1.165, 1.54) is 6.07 Å². The maximum Gasteiger partial charge on any atom is 0.417 e. The minimum absolute atomic E-state index is 0.138. The highest BCUT2D eigenvalue weighted by atomic mass is 19.4. The molecule has 0 fully saturated rings. The van der Waals surface area contributed by atoms with Gasteiger partial charge in [-0.05, 0) is 19.1 Å². The van der Waals surface area contributed by atoms with E-state index in [2.05, 4.69) is 0 Å². The molecular weight excluding hydrogens is 221 g/mol. The van der Waals surface area contributed by atoms with E-state index in [0.29, 0.717) is 6.07 Å². The maximum atomic E-state index is 12.6. The van der Waals surface area contributed by atoms with Gasteiger partial charge in [-0.1, -0.05) is 0 Å². The highest BCUT2D eigenvalue weighted by Crippen LogP contribution is 2.34. The van der Waals surface area contributed by atoms with Crippen molar-refractivity contribution in [2.45, 2.75) is 13.1 Å². The van der Waals surface area contributed by atoms with E-state index in [1.807, 2.05) is 0 Å². The smallest absolute Gasteiger partial charge is 0.398 e. The molecule has 0 aliphatic rings. The SMILES string of the molecule is CC(=O)c1cc(N)c(C#N)cc1C(F)(F)F. The first-order chi connectivity index (χ1) is 7.27. The largest absolute Gasteiger partial charge is 0.417 e. The Morgan fingerprint density at radius 3 is 2.38 bits per heavy atom. The van der Waals surface area contributed by atoms with Crippen LogP contribution in [0.1, 0.15) is 28.4 Å². The molecule has 0 saturated heterocycles. The first-order valence-corrected chi connectivity index (χ1v) is 4.19. The van der Waals surface area contributed by atoms with E-state index in [-0.39, 0.29) is 11.3 Å². The van der Waals surface area contributed by atoms with Gasteiger partial charge in [-0.25, -0.2) is 0 Å². The van der Waals surface area contributed by atoms with Crippen LogP contribution in [0.2, 0.25) is 0 Å². The monoisotopic (exact) mass is 228 g/mol. The number of alkyl halides is 3. The summed E-state index contributed by atoms with van der Waals surface area (Å²) in [5, 5.41) is 8.56. The van der Waals surface area contributed by atoms with Crippen LogP contribution in [0.25, 0.3) is 0 Å². The third-order valence-corrected chi connectivity index (χ3v) is 1.99. The predicted octanol–water partition coefficient (Wildman–Crippen LogP) is 2.36. The normalized spacial score (nSPS) is 10.9. The van der Waals surface area contributed by atoms with Crippen molar-refractivity contribution >= 4 is 11.5 Å². The van der Waals surface area contributed by atoms with Gasteiger partial charge in [0, 0.05) is 5.56 Å². The fourth-order valence-corrected chi connectivity index (χ4v) is 1.24. The Hall–Kier alpha value is -2.03. The number of hydrogen-bond donors (Lipinski definition) is 1. The van der Waals surface area contributed by atoms with Gasteiger partial charge in [0.25, 0.3) is 0 Å². The lowest BCUT2D eigenvalue weighted by Crippen LogP contribution is -2.13. The fourth-order valence-electron chi connectivity index (χ4n) is 1.24. The number of carbonyl (C=O) groups is 1. The van der Waals surface area contributed by atoms with Crippen LogP contribution in [0, 0.1) is 11.3 Å². The van der Waals surface area contributed by atoms with Crippen LogP contribution in [0.15, 0.2) is 12.1 Å². The van der Waals surface area contributed by atoms with Crippen molar-refractivity contribution in [3.05, 3.63) is 28.8 Å². The van der Waals surface area contributed by atoms with Crippen LogP contribution in [0.3, 0.4) is 0 Å². The minimum atomic E-state index is -4.68. The third kappa shape index (κ3) is 2.14. The van der Waals surface area contributed by atoms with Crippen LogP contribution in [-0.4, -0.2) is 5.78 Å². The van der Waals surface area contributed by atoms with Crippen molar-refractivity contribution in [1.29, 1.82) is 5.26 Å². The first-order valence-electron chi connectivity index (χ1n) is 4.19. The lowest BCUT2D eigenvalue weighted by molar-refractivity contribution is -0.137. The summed E-state index contributed by atoms with van der Waals surface area (Å²) in [7, 11) is 0. The molecule has 0 amide bonds. The molecule has 0 saturated carbocycles. The van der Waals surface area contributed by atoms with Crippen LogP contribution in [0.4, 0.5) is 18.9 Å². The Bertz CT molecular complexity index is 486. The molecule has 1 aromatic rings. The van der Waals surface area contributed by atoms with Crippen LogP contribution < -0.4 is 5.73 Å². The number of hydrogen-bond acceptors (Lipinski definition) is 3. The molecule has 0 radical (unpaired) electrons. The number of anilines is 1. The zero-order valence-electron chi connectivity index (χ0n) is 8.22. The van der Waals surface area contributed by atoms with Gasteiger partial charge in [0.05, 0.1) is 16.8 Å². The zero-order valence-corrected chi connectivity index (χ0v) is 8.22. The summed E-state index contributed by atoms with van der Waals surface area (Å²) in [4.78, 5) is 11.0. The van der Waals surface area contributed by atoms with Gasteiger partial charge in [-0.3, -0.25) is 4.79 Å². The summed E-state index contributed by atoms with van der Waals surface area (Å²) in [5.41, 5.74) is 3.25. The average Bonchev–Trinajstić information content (AvgIpc) is 2.15. The van der Waals surface area contributed by atoms with Gasteiger partial charge in [0.15, 0.2) is 5.78 Å². The molecule has 16 heavy (non-hydrogen) atoms. The van der Waals surface area contributed by atoms with Gasteiger partial charge >= 0.3 is 6.18 Å². The van der Waals surface area contributed by atoms with Crippen molar-refractivity contribution in [2.75, 3.05) is 5.73 Å². The molecule has 2 N–H and O–H groups in total. The Balaban J connectivity index is 3.57. The number of nitrogens with two attached hydrogens (primary N) is 1. The number of Topliss-reactive ketones (excluding diaryl/α,β-unsaturated/α-hetero) is 1. The highest BCUT2D eigenvalue weighted by molar-refractivity contribution is 5.97. The zero-order chi connectivity index (χ0) is 12.5. The summed E-state index contributed by atoms with van der Waals surface area (Å²) in [5.74, 6) is -0.747. The maximum absolute atomic E-state index is 12.6. The van der Waals surface area contributed by atoms with Gasteiger partial charge in [-0.2, -0.15) is 18.4 Å². The summed E-state index contributed by atoms with van der Waals surface area (Å²) >= 11 is 0. The summed E-state index contributed by atoms with van der Waals surface area (Å²) in [6.07, 6.45) is -4.68. The van der Waals surface area contributed by atoms with Crippen molar-refractivity contribution in [2.24, 2.45) is 0 Å². The molecule has 3 nitrogen and oxygen atoms in total. The summed E-state index contributed by atoms with van der Waals surface area (Å²) in [6.45, 7) is 1.01. The number of nitriles is 1. The molecule has 0 aromatic heterocycles. The summed E-state index contributed by atoms with van der Waals surface area (Å²) in [6, 6.07) is 3.01. The molecule has 1 rings (SSSR count). The molecule has 0 aliphatic carbocycles. The van der Waals surface area contributed by atoms with E-state index >= 15 is 0 Å². The lowest BCUT2D eigenvalue weighted by Gasteiger charge is -2.12. The van der Waals surface area contributed by atoms with Gasteiger partial charge in [-0.15, -0.1) is 0 Å². The van der Waals surface area contributed by atoms with Crippen LogP contribution in [0.5, 0.6) is 0 Å². The number of rotatable bonds is 1. The number of nitrogen functional groups attached to an aromatic ring is 1. The van der Waals surface area contributed by atoms with Gasteiger partial charge in [0.1, 0.15) is 6.07 Å². The quantitative estimate of drug-likeness (QED) is 0.592. The molecular formula is C10H7F3N2O. The fraction of sp³-hybridized carbons (Fsp3) is 0.200. The Morgan fingerprint density at radius 1 is 1.44 bits per heavy atom. The second-order valence-electron chi connectivity index (χ2n) is 3.15. The van der Waals surface area contributed by atoms with E-state index in [9.17, 15) is 18.0 Å².